The van der Waals surface area contributed by atoms with Crippen LogP contribution < -0.4 is 5.43 Å². The van der Waals surface area contributed by atoms with Crippen molar-refractivity contribution >= 4 is 12.4 Å². The lowest BCUT2D eigenvalue weighted by Gasteiger charge is -2.07. The minimum absolute atomic E-state index is 0.128. The average Bonchev–Trinajstić information content (AvgIpc) is 2.17. The molecule has 5 nitrogen and oxygen atoms in total. The molecule has 5 heteroatoms. The number of hydrogen-bond acceptors (Lipinski definition) is 4. The molecule has 0 aromatic carbocycles. The fraction of sp³-hybridized carbons (Fsp3) is 0.500. The molecule has 9 heavy (non-hydrogen) atoms. The van der Waals surface area contributed by atoms with Gasteiger partial charge in [-0.1, -0.05) is 0 Å². The van der Waals surface area contributed by atoms with Gasteiger partial charge >= 0.3 is 6.47 Å². The van der Waals surface area contributed by atoms with Crippen molar-refractivity contribution in [3.8, 4) is 0 Å². The van der Waals surface area contributed by atoms with E-state index in [1.807, 2.05) is 0 Å². The lowest BCUT2D eigenvalue weighted by Crippen LogP contribution is -2.32. The van der Waals surface area contributed by atoms with Crippen LogP contribution in [0.5, 0.6) is 0 Å². The van der Waals surface area contributed by atoms with Crippen molar-refractivity contribution in [2.24, 2.45) is 0 Å². The van der Waals surface area contributed by atoms with Crippen LogP contribution in [0.15, 0.2) is 0 Å². The van der Waals surface area contributed by atoms with Crippen LogP contribution in [0.2, 0.25) is 0 Å². The fourth-order valence-electron chi connectivity index (χ4n) is 0.585. The molecule has 0 saturated carbocycles. The summed E-state index contributed by atoms with van der Waals surface area (Å²) in [6.07, 6.45) is 0.383. The first-order chi connectivity index (χ1) is 4.33. The van der Waals surface area contributed by atoms with E-state index < -0.39 is 0 Å². The highest BCUT2D eigenvalue weighted by Gasteiger charge is 2.18. The Hall–Kier alpha value is -1.10. The highest BCUT2D eigenvalue weighted by atomic mass is 16.7. The highest BCUT2D eigenvalue weighted by molar-refractivity contribution is 5.77. The van der Waals surface area contributed by atoms with Crippen molar-refractivity contribution < 1.29 is 14.4 Å². The summed E-state index contributed by atoms with van der Waals surface area (Å²) < 4.78 is 0. The number of rotatable bonds is 2. The van der Waals surface area contributed by atoms with E-state index in [0.29, 0.717) is 13.0 Å². The van der Waals surface area contributed by atoms with Gasteiger partial charge in [-0.25, -0.2) is 0 Å². The maximum atomic E-state index is 10.4. The summed E-state index contributed by atoms with van der Waals surface area (Å²) in [6, 6.07) is 0. The SMILES string of the molecule is O=CON1CCC(=O)N1. The van der Waals surface area contributed by atoms with Gasteiger partial charge in [0.25, 0.3) is 0 Å². The van der Waals surface area contributed by atoms with E-state index in [2.05, 4.69) is 10.3 Å². The molecule has 0 aliphatic carbocycles. The van der Waals surface area contributed by atoms with E-state index in [9.17, 15) is 9.59 Å². The normalized spacial score (nSPS) is 19.3. The van der Waals surface area contributed by atoms with Gasteiger partial charge in [0, 0.05) is 6.42 Å². The monoisotopic (exact) mass is 130 g/mol. The molecule has 0 spiro atoms. The van der Waals surface area contributed by atoms with Crippen LogP contribution >= 0.6 is 0 Å². The predicted molar refractivity (Wildman–Crippen MR) is 26.6 cm³/mol. The second kappa shape index (κ2) is 2.45. The van der Waals surface area contributed by atoms with Gasteiger partial charge in [0.2, 0.25) is 5.91 Å². The largest absolute Gasteiger partial charge is 0.351 e. The van der Waals surface area contributed by atoms with Crippen LogP contribution in [0.4, 0.5) is 0 Å². The van der Waals surface area contributed by atoms with E-state index in [-0.39, 0.29) is 12.4 Å². The lowest BCUT2D eigenvalue weighted by atomic mass is 10.5. The number of amides is 1. The topological polar surface area (TPSA) is 58.6 Å². The molecule has 1 amide bonds. The molecule has 0 bridgehead atoms. The van der Waals surface area contributed by atoms with Gasteiger partial charge < -0.3 is 4.84 Å². The summed E-state index contributed by atoms with van der Waals surface area (Å²) in [5, 5.41) is 1.09. The molecule has 0 unspecified atom stereocenters. The van der Waals surface area contributed by atoms with Crippen molar-refractivity contribution in [3.63, 3.8) is 0 Å². The summed E-state index contributed by atoms with van der Waals surface area (Å²) in [4.78, 5) is 24.3. The number of hydrogen-bond donors (Lipinski definition) is 1. The quantitative estimate of drug-likeness (QED) is 0.477. The fourth-order valence-corrected chi connectivity index (χ4v) is 0.585. The molecule has 0 aromatic rings. The molecule has 1 aliphatic heterocycles. The van der Waals surface area contributed by atoms with Gasteiger partial charge in [0.15, 0.2) is 0 Å². The van der Waals surface area contributed by atoms with Gasteiger partial charge in [-0.2, -0.15) is 0 Å². The van der Waals surface area contributed by atoms with Crippen LogP contribution in [0, 0.1) is 0 Å². The van der Waals surface area contributed by atoms with Gasteiger partial charge in [-0.3, -0.25) is 15.0 Å². The van der Waals surface area contributed by atoms with Gasteiger partial charge in [0.1, 0.15) is 0 Å². The summed E-state index contributed by atoms with van der Waals surface area (Å²) in [6.45, 7) is 0.698. The number of nitrogens with one attached hydrogen (secondary N) is 1. The van der Waals surface area contributed by atoms with E-state index in [0.717, 1.165) is 5.17 Å². The Morgan fingerprint density at radius 3 is 3.00 bits per heavy atom. The minimum atomic E-state index is -0.128. The van der Waals surface area contributed by atoms with Crippen LogP contribution in [-0.2, 0) is 14.4 Å². The molecule has 1 heterocycles. The van der Waals surface area contributed by atoms with Crippen LogP contribution in [-0.4, -0.2) is 24.1 Å². The zero-order chi connectivity index (χ0) is 6.69. The Kier molecular flexibility index (Phi) is 1.64. The zero-order valence-corrected chi connectivity index (χ0v) is 4.66. The minimum Gasteiger partial charge on any atom is -0.351 e. The molecular weight excluding hydrogens is 124 g/mol. The van der Waals surface area contributed by atoms with Crippen molar-refractivity contribution in [2.75, 3.05) is 6.54 Å². The number of carbonyl (C=O) groups excluding carboxylic acids is 2. The van der Waals surface area contributed by atoms with Crippen molar-refractivity contribution in [3.05, 3.63) is 0 Å². The molecule has 1 fully saturated rings. The Labute approximate surface area is 51.5 Å². The summed E-state index contributed by atoms with van der Waals surface area (Å²) in [5.41, 5.74) is 2.30. The molecule has 1 saturated heterocycles. The second-order valence-electron chi connectivity index (χ2n) is 1.59. The molecular formula is C4H6N2O3. The molecule has 1 aliphatic rings. The summed E-state index contributed by atoms with van der Waals surface area (Å²) in [7, 11) is 0. The van der Waals surface area contributed by atoms with Crippen LogP contribution in [0.1, 0.15) is 6.42 Å². The Balaban J connectivity index is 2.29. The molecule has 1 rings (SSSR count). The lowest BCUT2D eigenvalue weighted by molar-refractivity contribution is -0.182. The first-order valence-corrected chi connectivity index (χ1v) is 2.50. The average molecular weight is 130 g/mol. The Bertz CT molecular complexity index is 136. The molecule has 1 N–H and O–H groups in total. The van der Waals surface area contributed by atoms with Gasteiger partial charge in [-0.15, -0.1) is 0 Å². The molecule has 0 atom stereocenters. The Morgan fingerprint density at radius 1 is 1.78 bits per heavy atom. The van der Waals surface area contributed by atoms with Crippen LogP contribution in [0.3, 0.4) is 0 Å². The molecule has 0 radical (unpaired) electrons. The van der Waals surface area contributed by atoms with Gasteiger partial charge in [-0.05, 0) is 5.17 Å². The first-order valence-electron chi connectivity index (χ1n) is 2.50. The third kappa shape index (κ3) is 1.39. The second-order valence-corrected chi connectivity index (χ2v) is 1.59. The smallest absolute Gasteiger partial charge is 0.315 e. The Morgan fingerprint density at radius 2 is 2.56 bits per heavy atom. The van der Waals surface area contributed by atoms with E-state index >= 15 is 0 Å². The van der Waals surface area contributed by atoms with Crippen LogP contribution in [0.25, 0.3) is 0 Å². The van der Waals surface area contributed by atoms with Crippen molar-refractivity contribution in [1.82, 2.24) is 10.6 Å². The first kappa shape index (κ1) is 6.03. The van der Waals surface area contributed by atoms with Crippen molar-refractivity contribution in [2.45, 2.75) is 6.42 Å². The number of hydroxylamine groups is 1. The van der Waals surface area contributed by atoms with Crippen molar-refractivity contribution in [1.29, 1.82) is 0 Å². The maximum absolute atomic E-state index is 10.4. The van der Waals surface area contributed by atoms with E-state index in [1.165, 1.54) is 0 Å². The number of nitrogens with zero attached hydrogens (tertiary/aromatic N) is 1. The third-order valence-electron chi connectivity index (χ3n) is 0.962. The molecule has 50 valence electrons. The molecule has 0 aromatic heterocycles. The van der Waals surface area contributed by atoms with E-state index in [4.69, 9.17) is 0 Å². The summed E-state index contributed by atoms with van der Waals surface area (Å²) >= 11 is 0. The number of hydrazine groups is 1. The number of carbonyl (C=O) groups is 2. The summed E-state index contributed by atoms with van der Waals surface area (Å²) in [5.74, 6) is -0.128. The highest BCUT2D eigenvalue weighted by Crippen LogP contribution is 1.95. The maximum Gasteiger partial charge on any atom is 0.315 e. The third-order valence-corrected chi connectivity index (χ3v) is 0.962. The van der Waals surface area contributed by atoms with Gasteiger partial charge in [0.05, 0.1) is 6.54 Å². The zero-order valence-electron chi connectivity index (χ0n) is 4.66. The predicted octanol–water partition coefficient (Wildman–Crippen LogP) is -1.19. The standard InChI is InChI=1S/C4H6N2O3/c7-3-9-6-2-1-4(8)5-6/h3H,1-2H2,(H,5,8). The van der Waals surface area contributed by atoms with E-state index in [1.54, 1.807) is 0 Å².